The second-order valence-corrected chi connectivity index (χ2v) is 5.04. The van der Waals surface area contributed by atoms with Gasteiger partial charge in [-0.2, -0.15) is 0 Å². The first-order valence-electron chi connectivity index (χ1n) is 6.00. The summed E-state index contributed by atoms with van der Waals surface area (Å²) in [6, 6.07) is 0.805. The van der Waals surface area contributed by atoms with Gasteiger partial charge in [-0.1, -0.05) is 26.2 Å². The van der Waals surface area contributed by atoms with Gasteiger partial charge in [0, 0.05) is 6.04 Å². The van der Waals surface area contributed by atoms with E-state index in [-0.39, 0.29) is 0 Å². The fourth-order valence-corrected chi connectivity index (χ4v) is 3.65. The smallest absolute Gasteiger partial charge is 0.00925 e. The van der Waals surface area contributed by atoms with Crippen LogP contribution in [0.15, 0.2) is 0 Å². The number of hydrogen-bond acceptors (Lipinski definition) is 1. The van der Waals surface area contributed by atoms with Crippen molar-refractivity contribution in [1.82, 2.24) is 5.32 Å². The van der Waals surface area contributed by atoms with E-state index in [1.165, 1.54) is 38.5 Å². The number of rotatable bonds is 1. The molecule has 1 N–H and O–H groups in total. The standard InChI is InChI=1S/C12H23N/c1-9-11-6-4-3-5-10(11)7-8-12(9)13-2/h9-13H,3-8H2,1-2H3. The normalized spacial score (nSPS) is 45.7. The van der Waals surface area contributed by atoms with Crippen molar-refractivity contribution in [3.63, 3.8) is 0 Å². The van der Waals surface area contributed by atoms with Gasteiger partial charge in [-0.15, -0.1) is 0 Å². The Morgan fingerprint density at radius 2 is 1.77 bits per heavy atom. The minimum atomic E-state index is 0.805. The molecule has 1 nitrogen and oxygen atoms in total. The average molecular weight is 181 g/mol. The molecule has 0 heterocycles. The lowest BCUT2D eigenvalue weighted by Crippen LogP contribution is -2.44. The van der Waals surface area contributed by atoms with Crippen LogP contribution in [-0.4, -0.2) is 13.1 Å². The van der Waals surface area contributed by atoms with Gasteiger partial charge in [-0.3, -0.25) is 0 Å². The summed E-state index contributed by atoms with van der Waals surface area (Å²) in [5, 5.41) is 3.49. The zero-order valence-electron chi connectivity index (χ0n) is 9.05. The van der Waals surface area contributed by atoms with E-state index in [1.807, 2.05) is 0 Å². The quantitative estimate of drug-likeness (QED) is 0.656. The van der Waals surface area contributed by atoms with Crippen molar-refractivity contribution in [1.29, 1.82) is 0 Å². The Kier molecular flexibility index (Phi) is 2.92. The molecule has 2 fully saturated rings. The summed E-state index contributed by atoms with van der Waals surface area (Å²) in [4.78, 5) is 0. The Bertz CT molecular complexity index is 167. The summed E-state index contributed by atoms with van der Waals surface area (Å²) in [5.74, 6) is 3.04. The van der Waals surface area contributed by atoms with Gasteiger partial charge in [-0.25, -0.2) is 0 Å². The Balaban J connectivity index is 2.01. The van der Waals surface area contributed by atoms with E-state index in [0.29, 0.717) is 0 Å². The summed E-state index contributed by atoms with van der Waals surface area (Å²) in [7, 11) is 2.13. The molecule has 76 valence electrons. The maximum Gasteiger partial charge on any atom is 0.00925 e. The first-order chi connectivity index (χ1) is 6.33. The zero-order valence-corrected chi connectivity index (χ0v) is 9.05. The molecule has 2 aliphatic carbocycles. The Labute approximate surface area is 82.3 Å². The molecule has 0 aromatic carbocycles. The summed E-state index contributed by atoms with van der Waals surface area (Å²) in [5.41, 5.74) is 0. The third-order valence-corrected chi connectivity index (χ3v) is 4.50. The highest BCUT2D eigenvalue weighted by molar-refractivity contribution is 4.90. The fraction of sp³-hybridized carbons (Fsp3) is 1.00. The maximum absolute atomic E-state index is 3.49. The van der Waals surface area contributed by atoms with Crippen LogP contribution in [0.2, 0.25) is 0 Å². The first kappa shape index (κ1) is 9.51. The van der Waals surface area contributed by atoms with Gasteiger partial charge in [0.05, 0.1) is 0 Å². The van der Waals surface area contributed by atoms with Crippen molar-refractivity contribution < 1.29 is 0 Å². The second kappa shape index (κ2) is 4.00. The lowest BCUT2D eigenvalue weighted by atomic mass is 9.64. The molecule has 0 radical (unpaired) electrons. The highest BCUT2D eigenvalue weighted by Gasteiger charge is 2.36. The summed E-state index contributed by atoms with van der Waals surface area (Å²) >= 11 is 0. The third kappa shape index (κ3) is 1.76. The number of nitrogens with one attached hydrogen (secondary N) is 1. The Morgan fingerprint density at radius 3 is 2.54 bits per heavy atom. The van der Waals surface area contributed by atoms with Crippen molar-refractivity contribution in [3.8, 4) is 0 Å². The van der Waals surface area contributed by atoms with Gasteiger partial charge < -0.3 is 5.32 Å². The van der Waals surface area contributed by atoms with Crippen LogP contribution in [0.1, 0.15) is 45.4 Å². The minimum absolute atomic E-state index is 0.805. The lowest BCUT2D eigenvalue weighted by molar-refractivity contribution is 0.0866. The van der Waals surface area contributed by atoms with Crippen molar-refractivity contribution in [3.05, 3.63) is 0 Å². The molecule has 2 saturated carbocycles. The number of hydrogen-bond donors (Lipinski definition) is 1. The molecule has 0 bridgehead atoms. The van der Waals surface area contributed by atoms with Crippen LogP contribution >= 0.6 is 0 Å². The van der Waals surface area contributed by atoms with Crippen molar-refractivity contribution in [2.24, 2.45) is 17.8 Å². The molecule has 0 aliphatic heterocycles. The van der Waals surface area contributed by atoms with Crippen LogP contribution < -0.4 is 5.32 Å². The molecule has 0 aromatic heterocycles. The summed E-state index contributed by atoms with van der Waals surface area (Å²) < 4.78 is 0. The van der Waals surface area contributed by atoms with Crippen LogP contribution in [-0.2, 0) is 0 Å². The second-order valence-electron chi connectivity index (χ2n) is 5.04. The van der Waals surface area contributed by atoms with Crippen LogP contribution in [0.3, 0.4) is 0 Å². The van der Waals surface area contributed by atoms with E-state index >= 15 is 0 Å². The Morgan fingerprint density at radius 1 is 1.00 bits per heavy atom. The van der Waals surface area contributed by atoms with Gasteiger partial charge in [-0.05, 0) is 44.1 Å². The first-order valence-corrected chi connectivity index (χ1v) is 6.00. The van der Waals surface area contributed by atoms with E-state index in [1.54, 1.807) is 0 Å². The molecule has 0 spiro atoms. The van der Waals surface area contributed by atoms with E-state index in [0.717, 1.165) is 23.8 Å². The fourth-order valence-electron chi connectivity index (χ4n) is 3.65. The topological polar surface area (TPSA) is 12.0 Å². The van der Waals surface area contributed by atoms with Gasteiger partial charge in [0.25, 0.3) is 0 Å². The van der Waals surface area contributed by atoms with Crippen LogP contribution in [0.25, 0.3) is 0 Å². The van der Waals surface area contributed by atoms with Gasteiger partial charge in [0.15, 0.2) is 0 Å². The molecule has 4 atom stereocenters. The van der Waals surface area contributed by atoms with Crippen molar-refractivity contribution >= 4 is 0 Å². The highest BCUT2D eigenvalue weighted by atomic mass is 14.9. The van der Waals surface area contributed by atoms with Crippen LogP contribution in [0.5, 0.6) is 0 Å². The van der Waals surface area contributed by atoms with E-state index in [4.69, 9.17) is 0 Å². The van der Waals surface area contributed by atoms with Gasteiger partial charge in [0.1, 0.15) is 0 Å². The predicted octanol–water partition coefficient (Wildman–Crippen LogP) is 2.81. The maximum atomic E-state index is 3.49. The van der Waals surface area contributed by atoms with Crippen molar-refractivity contribution in [2.45, 2.75) is 51.5 Å². The molecule has 0 amide bonds. The molecule has 4 unspecified atom stereocenters. The monoisotopic (exact) mass is 181 g/mol. The van der Waals surface area contributed by atoms with Gasteiger partial charge in [0.2, 0.25) is 0 Å². The lowest BCUT2D eigenvalue weighted by Gasteiger charge is -2.44. The summed E-state index contributed by atoms with van der Waals surface area (Å²) in [6.45, 7) is 2.46. The van der Waals surface area contributed by atoms with E-state index in [2.05, 4.69) is 19.3 Å². The molecular formula is C12H23N. The zero-order chi connectivity index (χ0) is 9.26. The molecule has 2 aliphatic rings. The van der Waals surface area contributed by atoms with Crippen molar-refractivity contribution in [2.75, 3.05) is 7.05 Å². The minimum Gasteiger partial charge on any atom is -0.317 e. The SMILES string of the molecule is CNC1CCC2CCCCC2C1C. The van der Waals surface area contributed by atoms with Crippen LogP contribution in [0.4, 0.5) is 0 Å². The molecule has 2 rings (SSSR count). The van der Waals surface area contributed by atoms with Crippen LogP contribution in [0, 0.1) is 17.8 Å². The predicted molar refractivity (Wildman–Crippen MR) is 56.7 cm³/mol. The summed E-state index contributed by atoms with van der Waals surface area (Å²) in [6.07, 6.45) is 8.91. The largest absolute Gasteiger partial charge is 0.317 e. The molecule has 1 heteroatoms. The highest BCUT2D eigenvalue weighted by Crippen LogP contribution is 2.43. The molecule has 0 aromatic rings. The van der Waals surface area contributed by atoms with E-state index in [9.17, 15) is 0 Å². The van der Waals surface area contributed by atoms with E-state index < -0.39 is 0 Å². The number of fused-ring (bicyclic) bond motifs is 1. The third-order valence-electron chi connectivity index (χ3n) is 4.50. The molecule has 13 heavy (non-hydrogen) atoms. The van der Waals surface area contributed by atoms with Gasteiger partial charge >= 0.3 is 0 Å². The average Bonchev–Trinajstić information content (AvgIpc) is 2.19. The molecular weight excluding hydrogens is 158 g/mol. The molecule has 0 saturated heterocycles. The Hall–Kier alpha value is -0.0400.